The normalized spacial score (nSPS) is 30.2. The molecule has 20 heavy (non-hydrogen) atoms. The third kappa shape index (κ3) is 3.51. The van der Waals surface area contributed by atoms with Gasteiger partial charge in [0.1, 0.15) is 17.7 Å². The molecule has 1 aliphatic rings. The number of nitrogens with one attached hydrogen (secondary N) is 1. The number of benzene rings is 1. The van der Waals surface area contributed by atoms with Gasteiger partial charge < -0.3 is 10.1 Å². The van der Waals surface area contributed by atoms with Crippen molar-refractivity contribution in [2.24, 2.45) is 11.8 Å². The van der Waals surface area contributed by atoms with Gasteiger partial charge >= 0.3 is 0 Å². The summed E-state index contributed by atoms with van der Waals surface area (Å²) in [5, 5.41) is 3.55. The molecule has 0 radical (unpaired) electrons. The number of aryl methyl sites for hydroxylation is 1. The van der Waals surface area contributed by atoms with Crippen LogP contribution in [0.3, 0.4) is 0 Å². The Morgan fingerprint density at radius 2 is 2.05 bits per heavy atom. The van der Waals surface area contributed by atoms with E-state index in [0.29, 0.717) is 12.0 Å². The molecule has 1 fully saturated rings. The molecule has 112 valence electrons. The van der Waals surface area contributed by atoms with E-state index in [9.17, 15) is 4.39 Å². The van der Waals surface area contributed by atoms with Crippen molar-refractivity contribution >= 4 is 0 Å². The number of rotatable bonds is 4. The Morgan fingerprint density at radius 1 is 1.30 bits per heavy atom. The van der Waals surface area contributed by atoms with E-state index in [2.05, 4.69) is 26.1 Å². The lowest BCUT2D eigenvalue weighted by Gasteiger charge is -2.40. The minimum Gasteiger partial charge on any atom is -0.488 e. The molecular formula is C17H26FNO. The fourth-order valence-electron chi connectivity index (χ4n) is 3.38. The van der Waals surface area contributed by atoms with Crippen molar-refractivity contribution in [3.63, 3.8) is 0 Å². The van der Waals surface area contributed by atoms with Crippen LogP contribution in [0.5, 0.6) is 5.75 Å². The second-order valence-corrected chi connectivity index (χ2v) is 6.21. The zero-order chi connectivity index (χ0) is 14.7. The van der Waals surface area contributed by atoms with E-state index in [1.807, 2.05) is 6.92 Å². The van der Waals surface area contributed by atoms with Crippen LogP contribution in [0.2, 0.25) is 0 Å². The Balaban J connectivity index is 2.15. The first-order valence-electron chi connectivity index (χ1n) is 7.67. The number of ether oxygens (including phenoxy) is 1. The second-order valence-electron chi connectivity index (χ2n) is 6.21. The van der Waals surface area contributed by atoms with Gasteiger partial charge in [0.25, 0.3) is 0 Å². The smallest absolute Gasteiger partial charge is 0.123 e. The average molecular weight is 279 g/mol. The van der Waals surface area contributed by atoms with Crippen LogP contribution in [-0.2, 0) is 0 Å². The summed E-state index contributed by atoms with van der Waals surface area (Å²) < 4.78 is 19.4. The van der Waals surface area contributed by atoms with Crippen LogP contribution in [0.15, 0.2) is 18.2 Å². The lowest BCUT2D eigenvalue weighted by Crippen LogP contribution is -2.50. The van der Waals surface area contributed by atoms with Crippen molar-refractivity contribution in [1.29, 1.82) is 0 Å². The first kappa shape index (κ1) is 15.3. The van der Waals surface area contributed by atoms with Crippen LogP contribution in [-0.4, -0.2) is 18.7 Å². The summed E-state index contributed by atoms with van der Waals surface area (Å²) >= 11 is 0. The molecule has 0 bridgehead atoms. The van der Waals surface area contributed by atoms with Gasteiger partial charge in [-0.05, 0) is 61.9 Å². The molecule has 2 rings (SSSR count). The molecule has 1 N–H and O–H groups in total. The highest BCUT2D eigenvalue weighted by Gasteiger charge is 2.35. The summed E-state index contributed by atoms with van der Waals surface area (Å²) in [6, 6.07) is 5.13. The van der Waals surface area contributed by atoms with Gasteiger partial charge in [-0.25, -0.2) is 4.39 Å². The maximum atomic E-state index is 13.2. The maximum Gasteiger partial charge on any atom is 0.123 e. The first-order chi connectivity index (χ1) is 9.51. The Hall–Kier alpha value is -1.09. The zero-order valence-electron chi connectivity index (χ0n) is 12.9. The molecule has 1 saturated carbocycles. The summed E-state index contributed by atoms with van der Waals surface area (Å²) in [5.74, 6) is 1.83. The Morgan fingerprint density at radius 3 is 2.70 bits per heavy atom. The van der Waals surface area contributed by atoms with E-state index in [-0.39, 0.29) is 11.9 Å². The minimum absolute atomic E-state index is 0.162. The van der Waals surface area contributed by atoms with Crippen LogP contribution in [0, 0.1) is 24.6 Å². The fraction of sp³-hybridized carbons (Fsp3) is 0.647. The first-order valence-corrected chi connectivity index (χ1v) is 7.67. The van der Waals surface area contributed by atoms with Crippen LogP contribution in [0.25, 0.3) is 0 Å². The van der Waals surface area contributed by atoms with Crippen molar-refractivity contribution in [3.05, 3.63) is 29.6 Å². The Bertz CT molecular complexity index is 449. The third-order valence-electron chi connectivity index (χ3n) is 4.25. The van der Waals surface area contributed by atoms with E-state index in [4.69, 9.17) is 4.74 Å². The quantitative estimate of drug-likeness (QED) is 0.902. The van der Waals surface area contributed by atoms with Crippen molar-refractivity contribution in [2.75, 3.05) is 6.54 Å². The molecule has 0 saturated heterocycles. The van der Waals surface area contributed by atoms with Crippen molar-refractivity contribution in [2.45, 2.75) is 52.7 Å². The predicted molar refractivity (Wildman–Crippen MR) is 80.6 cm³/mol. The summed E-state index contributed by atoms with van der Waals surface area (Å²) in [6.07, 6.45) is 2.49. The molecule has 1 aliphatic carbocycles. The number of likely N-dealkylation sites (N-methyl/N-ethyl adjacent to an activating group) is 1. The molecule has 2 nitrogen and oxygen atoms in total. The van der Waals surface area contributed by atoms with Gasteiger partial charge in [-0.15, -0.1) is 0 Å². The largest absolute Gasteiger partial charge is 0.488 e. The average Bonchev–Trinajstić information content (AvgIpc) is 2.36. The fourth-order valence-corrected chi connectivity index (χ4v) is 3.38. The van der Waals surface area contributed by atoms with Crippen molar-refractivity contribution in [1.82, 2.24) is 5.32 Å². The van der Waals surface area contributed by atoms with Crippen LogP contribution in [0.4, 0.5) is 4.39 Å². The van der Waals surface area contributed by atoms with Crippen molar-refractivity contribution in [3.8, 4) is 5.75 Å². The van der Waals surface area contributed by atoms with Crippen LogP contribution < -0.4 is 10.1 Å². The monoisotopic (exact) mass is 279 g/mol. The number of hydrogen-bond acceptors (Lipinski definition) is 2. The molecule has 0 heterocycles. The van der Waals surface area contributed by atoms with E-state index >= 15 is 0 Å². The van der Waals surface area contributed by atoms with Crippen LogP contribution >= 0.6 is 0 Å². The van der Waals surface area contributed by atoms with Gasteiger partial charge in [0, 0.05) is 6.04 Å². The summed E-state index contributed by atoms with van der Waals surface area (Å²) in [7, 11) is 0. The molecule has 4 atom stereocenters. The molecule has 0 spiro atoms. The Kier molecular flexibility index (Phi) is 5.03. The van der Waals surface area contributed by atoms with Gasteiger partial charge in [-0.2, -0.15) is 0 Å². The molecule has 0 aromatic heterocycles. The molecule has 4 unspecified atom stereocenters. The van der Waals surface area contributed by atoms with E-state index in [0.717, 1.165) is 30.2 Å². The summed E-state index contributed by atoms with van der Waals surface area (Å²) in [5.41, 5.74) is 0.867. The molecule has 0 amide bonds. The van der Waals surface area contributed by atoms with Crippen LogP contribution in [0.1, 0.15) is 39.2 Å². The highest BCUT2D eigenvalue weighted by molar-refractivity contribution is 5.33. The molecule has 0 aliphatic heterocycles. The highest BCUT2D eigenvalue weighted by atomic mass is 19.1. The predicted octanol–water partition coefficient (Wildman–Crippen LogP) is 3.93. The van der Waals surface area contributed by atoms with E-state index in [1.54, 1.807) is 6.07 Å². The van der Waals surface area contributed by atoms with Gasteiger partial charge in [0.2, 0.25) is 0 Å². The van der Waals surface area contributed by atoms with E-state index in [1.165, 1.54) is 18.6 Å². The molecular weight excluding hydrogens is 253 g/mol. The maximum absolute atomic E-state index is 13.2. The summed E-state index contributed by atoms with van der Waals surface area (Å²) in [6.45, 7) is 9.54. The Labute approximate surface area is 121 Å². The lowest BCUT2D eigenvalue weighted by molar-refractivity contribution is 0.0478. The molecule has 1 aromatic rings. The standard InChI is InChI=1S/C17H26FNO/c1-5-19-15-9-11(2)8-13(4)17(15)20-16-7-6-14(18)10-12(16)3/h6-7,10-11,13,15,17,19H,5,8-9H2,1-4H3. The number of hydrogen-bond donors (Lipinski definition) is 1. The van der Waals surface area contributed by atoms with Gasteiger partial charge in [-0.1, -0.05) is 20.8 Å². The molecule has 3 heteroatoms. The minimum atomic E-state index is -0.205. The molecule has 1 aromatic carbocycles. The van der Waals surface area contributed by atoms with Gasteiger partial charge in [0.15, 0.2) is 0 Å². The van der Waals surface area contributed by atoms with E-state index < -0.39 is 0 Å². The number of halogens is 1. The SMILES string of the molecule is CCNC1CC(C)CC(C)C1Oc1ccc(F)cc1C. The second kappa shape index (κ2) is 6.57. The van der Waals surface area contributed by atoms with Gasteiger partial charge in [-0.3, -0.25) is 0 Å². The highest BCUT2D eigenvalue weighted by Crippen LogP contribution is 2.33. The van der Waals surface area contributed by atoms with Gasteiger partial charge in [0.05, 0.1) is 0 Å². The lowest BCUT2D eigenvalue weighted by atomic mass is 9.78. The van der Waals surface area contributed by atoms with Crippen molar-refractivity contribution < 1.29 is 9.13 Å². The third-order valence-corrected chi connectivity index (χ3v) is 4.25. The summed E-state index contributed by atoms with van der Waals surface area (Å²) in [4.78, 5) is 0. The zero-order valence-corrected chi connectivity index (χ0v) is 12.9. The topological polar surface area (TPSA) is 21.3 Å².